The van der Waals surface area contributed by atoms with Crippen molar-refractivity contribution in [3.05, 3.63) is 59.3 Å². The number of alkyl halides is 3. The first kappa shape index (κ1) is 21.9. The number of halogens is 5. The maximum Gasteiger partial charge on any atom is 0.490 e. The molecule has 1 aliphatic carbocycles. The Morgan fingerprint density at radius 1 is 1.20 bits per heavy atom. The molecule has 30 heavy (non-hydrogen) atoms. The second-order valence-electron chi connectivity index (χ2n) is 7.26. The molecular weight excluding hydrogens is 411 g/mol. The lowest BCUT2D eigenvalue weighted by molar-refractivity contribution is -0.192. The normalized spacial score (nSPS) is 24.9. The number of carbonyl (C=O) groups excluding carboxylic acids is 1. The fourth-order valence-electron chi connectivity index (χ4n) is 3.89. The van der Waals surface area contributed by atoms with Gasteiger partial charge in [-0.05, 0) is 37.0 Å². The molecule has 1 aromatic rings. The Morgan fingerprint density at radius 3 is 2.53 bits per heavy atom. The number of amides is 1. The molecule has 1 aromatic carbocycles. The number of aliphatic carboxylic acids is 1. The molecule has 1 fully saturated rings. The van der Waals surface area contributed by atoms with Gasteiger partial charge in [-0.25, -0.2) is 13.6 Å². The van der Waals surface area contributed by atoms with E-state index in [4.69, 9.17) is 9.90 Å². The first-order chi connectivity index (χ1) is 14.1. The molecular formula is C20H19F5N2O3. The Morgan fingerprint density at radius 2 is 1.90 bits per heavy atom. The maximum atomic E-state index is 14.1. The molecule has 3 aliphatic rings. The number of benzene rings is 1. The standard InChI is InChI=1S/C18H18F2N2O.C2HF3O2/c19-14-3-4-16(20)15(8-14)17-2-1-5-22(17)18(23)11-6-12-9-21-10-13(12)7-11;3-2(4,5)1(6)7/h1,3-6,8,11,13,17,21H,2,7,9-10H2;(H,6,7). The van der Waals surface area contributed by atoms with Crippen molar-refractivity contribution in [1.29, 1.82) is 0 Å². The second kappa shape index (κ2) is 8.55. The van der Waals surface area contributed by atoms with Gasteiger partial charge < -0.3 is 15.3 Å². The number of carboxylic acids is 1. The fourth-order valence-corrected chi connectivity index (χ4v) is 3.89. The number of nitrogens with zero attached hydrogens (tertiary/aromatic N) is 1. The Bertz CT molecular complexity index is 897. The third-order valence-electron chi connectivity index (χ3n) is 5.29. The minimum atomic E-state index is -5.08. The molecule has 0 saturated carbocycles. The molecule has 2 heterocycles. The highest BCUT2D eigenvalue weighted by Crippen LogP contribution is 2.38. The smallest absolute Gasteiger partial charge is 0.475 e. The predicted molar refractivity (Wildman–Crippen MR) is 95.9 cm³/mol. The molecule has 2 aliphatic heterocycles. The Balaban J connectivity index is 0.000000318. The lowest BCUT2D eigenvalue weighted by Crippen LogP contribution is -2.32. The van der Waals surface area contributed by atoms with Gasteiger partial charge in [0, 0.05) is 24.9 Å². The van der Waals surface area contributed by atoms with E-state index in [-0.39, 0.29) is 17.4 Å². The second-order valence-corrected chi connectivity index (χ2v) is 7.26. The zero-order valence-electron chi connectivity index (χ0n) is 15.6. The van der Waals surface area contributed by atoms with Crippen LogP contribution in [0.3, 0.4) is 0 Å². The summed E-state index contributed by atoms with van der Waals surface area (Å²) in [5.74, 6) is -3.44. The SMILES string of the molecule is O=C(C1C=C2CNCC2C1)N1C=CCC1c1cc(F)ccc1F.O=C(O)C(F)(F)F. The third-order valence-corrected chi connectivity index (χ3v) is 5.29. The summed E-state index contributed by atoms with van der Waals surface area (Å²) in [6.07, 6.45) is 1.85. The van der Waals surface area contributed by atoms with Gasteiger partial charge in [0.2, 0.25) is 5.91 Å². The summed E-state index contributed by atoms with van der Waals surface area (Å²) < 4.78 is 59.3. The highest BCUT2D eigenvalue weighted by molar-refractivity contribution is 5.83. The van der Waals surface area contributed by atoms with Gasteiger partial charge in [-0.1, -0.05) is 17.7 Å². The van der Waals surface area contributed by atoms with Gasteiger partial charge in [0.05, 0.1) is 12.0 Å². The van der Waals surface area contributed by atoms with Crippen LogP contribution in [-0.4, -0.2) is 41.1 Å². The quantitative estimate of drug-likeness (QED) is 0.556. The molecule has 0 spiro atoms. The zero-order chi connectivity index (χ0) is 22.1. The van der Waals surface area contributed by atoms with Crippen LogP contribution in [0.15, 0.2) is 42.1 Å². The number of fused-ring (bicyclic) bond motifs is 1. The minimum absolute atomic E-state index is 0.0192. The van der Waals surface area contributed by atoms with Gasteiger partial charge in [0.1, 0.15) is 11.6 Å². The van der Waals surface area contributed by atoms with E-state index in [1.54, 1.807) is 11.1 Å². The van der Waals surface area contributed by atoms with Crippen LogP contribution in [0.25, 0.3) is 0 Å². The van der Waals surface area contributed by atoms with Gasteiger partial charge in [-0.15, -0.1) is 0 Å². The van der Waals surface area contributed by atoms with E-state index >= 15 is 0 Å². The van der Waals surface area contributed by atoms with Gasteiger partial charge in [0.15, 0.2) is 0 Å². The summed E-state index contributed by atoms with van der Waals surface area (Å²) in [5.41, 5.74) is 1.55. The van der Waals surface area contributed by atoms with Crippen molar-refractivity contribution in [2.75, 3.05) is 13.1 Å². The molecule has 0 bridgehead atoms. The van der Waals surface area contributed by atoms with Crippen LogP contribution in [0.2, 0.25) is 0 Å². The van der Waals surface area contributed by atoms with Gasteiger partial charge in [-0.2, -0.15) is 13.2 Å². The highest BCUT2D eigenvalue weighted by Gasteiger charge is 2.39. The van der Waals surface area contributed by atoms with Crippen molar-refractivity contribution in [3.63, 3.8) is 0 Å². The average Bonchev–Trinajstić information content (AvgIpc) is 3.38. The summed E-state index contributed by atoms with van der Waals surface area (Å²) in [7, 11) is 0. The summed E-state index contributed by atoms with van der Waals surface area (Å²) >= 11 is 0. The van der Waals surface area contributed by atoms with Crippen molar-refractivity contribution < 1.29 is 36.6 Å². The fraction of sp³-hybridized carbons (Fsp3) is 0.400. The van der Waals surface area contributed by atoms with Crippen molar-refractivity contribution in [1.82, 2.24) is 10.2 Å². The Labute approximate surface area is 168 Å². The van der Waals surface area contributed by atoms with Crippen LogP contribution in [0.1, 0.15) is 24.4 Å². The van der Waals surface area contributed by atoms with Gasteiger partial charge in [0.25, 0.3) is 0 Å². The molecule has 0 radical (unpaired) electrons. The Kier molecular flexibility index (Phi) is 6.25. The molecule has 3 atom stereocenters. The number of carboxylic acid groups (broad SMARTS) is 1. The first-order valence-corrected chi connectivity index (χ1v) is 9.23. The summed E-state index contributed by atoms with van der Waals surface area (Å²) in [4.78, 5) is 23.3. The highest BCUT2D eigenvalue weighted by atomic mass is 19.4. The van der Waals surface area contributed by atoms with E-state index in [9.17, 15) is 26.7 Å². The average molecular weight is 430 g/mol. The van der Waals surface area contributed by atoms with Crippen molar-refractivity contribution in [2.45, 2.75) is 25.1 Å². The molecule has 0 aromatic heterocycles. The van der Waals surface area contributed by atoms with E-state index in [1.165, 1.54) is 11.6 Å². The molecule has 10 heteroatoms. The van der Waals surface area contributed by atoms with Crippen molar-refractivity contribution >= 4 is 11.9 Å². The van der Waals surface area contributed by atoms with Crippen LogP contribution in [0.5, 0.6) is 0 Å². The molecule has 4 rings (SSSR count). The monoisotopic (exact) mass is 430 g/mol. The van der Waals surface area contributed by atoms with E-state index in [1.807, 2.05) is 6.08 Å². The molecule has 1 saturated heterocycles. The van der Waals surface area contributed by atoms with E-state index in [0.717, 1.165) is 31.6 Å². The molecule has 1 amide bonds. The van der Waals surface area contributed by atoms with Crippen LogP contribution >= 0.6 is 0 Å². The largest absolute Gasteiger partial charge is 0.490 e. The lowest BCUT2D eigenvalue weighted by atomic mass is 9.99. The van der Waals surface area contributed by atoms with Crippen LogP contribution < -0.4 is 5.32 Å². The summed E-state index contributed by atoms with van der Waals surface area (Å²) in [5, 5.41) is 10.4. The van der Waals surface area contributed by atoms with Crippen molar-refractivity contribution in [3.8, 4) is 0 Å². The van der Waals surface area contributed by atoms with Gasteiger partial charge in [-0.3, -0.25) is 4.79 Å². The Hall–Kier alpha value is -2.75. The molecule has 5 nitrogen and oxygen atoms in total. The number of rotatable bonds is 2. The van der Waals surface area contributed by atoms with E-state index in [2.05, 4.69) is 11.4 Å². The summed E-state index contributed by atoms with van der Waals surface area (Å²) in [6, 6.07) is 2.97. The topological polar surface area (TPSA) is 69.6 Å². The molecule has 2 N–H and O–H groups in total. The molecule has 3 unspecified atom stereocenters. The zero-order valence-corrected chi connectivity index (χ0v) is 15.6. The van der Waals surface area contributed by atoms with Crippen LogP contribution in [-0.2, 0) is 9.59 Å². The first-order valence-electron chi connectivity index (χ1n) is 9.23. The predicted octanol–water partition coefficient (Wildman–Crippen LogP) is 3.55. The lowest BCUT2D eigenvalue weighted by Gasteiger charge is -2.27. The van der Waals surface area contributed by atoms with Gasteiger partial charge >= 0.3 is 12.1 Å². The number of hydrogen-bond acceptors (Lipinski definition) is 3. The summed E-state index contributed by atoms with van der Waals surface area (Å²) in [6.45, 7) is 1.78. The minimum Gasteiger partial charge on any atom is -0.475 e. The molecule has 162 valence electrons. The van der Waals surface area contributed by atoms with E-state index < -0.39 is 29.8 Å². The maximum absolute atomic E-state index is 14.1. The number of carbonyl (C=O) groups is 2. The van der Waals surface area contributed by atoms with Crippen LogP contribution in [0, 0.1) is 23.5 Å². The number of nitrogens with one attached hydrogen (secondary N) is 1. The third kappa shape index (κ3) is 4.69. The number of hydrogen-bond donors (Lipinski definition) is 2. The van der Waals surface area contributed by atoms with Crippen LogP contribution in [0.4, 0.5) is 22.0 Å². The van der Waals surface area contributed by atoms with Crippen molar-refractivity contribution in [2.24, 2.45) is 11.8 Å². The van der Waals surface area contributed by atoms with E-state index in [0.29, 0.717) is 12.3 Å².